The number of ether oxygens (including phenoxy) is 1. The zero-order valence-corrected chi connectivity index (χ0v) is 17.7. The number of aromatic nitrogens is 5. The van der Waals surface area contributed by atoms with Gasteiger partial charge in [0, 0.05) is 42.8 Å². The number of imidazole rings is 1. The number of benzene rings is 2. The molecule has 1 aliphatic heterocycles. The lowest BCUT2D eigenvalue weighted by molar-refractivity contribution is 0.413. The Labute approximate surface area is 187 Å². The van der Waals surface area contributed by atoms with Gasteiger partial charge in [-0.25, -0.2) is 18.4 Å². The number of halogens is 3. The van der Waals surface area contributed by atoms with Crippen LogP contribution in [0, 0.1) is 11.6 Å². The van der Waals surface area contributed by atoms with E-state index >= 15 is 0 Å². The van der Waals surface area contributed by atoms with Crippen molar-refractivity contribution in [2.45, 2.75) is 13.0 Å². The Morgan fingerprint density at radius 2 is 1.91 bits per heavy atom. The minimum Gasteiger partial charge on any atom is -0.494 e. The van der Waals surface area contributed by atoms with Gasteiger partial charge >= 0.3 is 0 Å². The van der Waals surface area contributed by atoms with Gasteiger partial charge in [-0.15, -0.1) is 5.10 Å². The Morgan fingerprint density at radius 1 is 1.09 bits per heavy atom. The summed E-state index contributed by atoms with van der Waals surface area (Å²) in [6.45, 7) is 1.24. The molecule has 8 nitrogen and oxygen atoms in total. The summed E-state index contributed by atoms with van der Waals surface area (Å²) in [4.78, 5) is 10.3. The van der Waals surface area contributed by atoms with Gasteiger partial charge in [0.15, 0.2) is 0 Å². The Hall–Kier alpha value is -3.66. The molecule has 5 rings (SSSR count). The Bertz CT molecular complexity index is 1270. The second-order valence-electron chi connectivity index (χ2n) is 7.21. The molecular weight excluding hydrogens is 440 g/mol. The maximum Gasteiger partial charge on any atom is 0.248 e. The van der Waals surface area contributed by atoms with E-state index in [4.69, 9.17) is 16.3 Å². The largest absolute Gasteiger partial charge is 0.494 e. The highest BCUT2D eigenvalue weighted by Gasteiger charge is 2.23. The number of nitrogens with one attached hydrogen (secondary N) is 1. The van der Waals surface area contributed by atoms with E-state index in [1.54, 1.807) is 33.8 Å². The predicted octanol–water partition coefficient (Wildman–Crippen LogP) is 4.69. The first-order valence-electron chi connectivity index (χ1n) is 9.83. The van der Waals surface area contributed by atoms with Crippen molar-refractivity contribution in [1.29, 1.82) is 0 Å². The zero-order chi connectivity index (χ0) is 22.2. The lowest BCUT2D eigenvalue weighted by Crippen LogP contribution is -2.28. The third-order valence-electron chi connectivity index (χ3n) is 5.07. The molecule has 2 aromatic heterocycles. The van der Waals surface area contributed by atoms with Gasteiger partial charge in [-0.05, 0) is 30.7 Å². The van der Waals surface area contributed by atoms with Crippen molar-refractivity contribution in [3.05, 3.63) is 65.7 Å². The molecule has 0 radical (unpaired) electrons. The third-order valence-corrected chi connectivity index (χ3v) is 5.26. The first kappa shape index (κ1) is 20.3. The number of aryl methyl sites for hydroxylation is 1. The number of rotatable bonds is 5. The van der Waals surface area contributed by atoms with Gasteiger partial charge < -0.3 is 19.5 Å². The van der Waals surface area contributed by atoms with E-state index in [2.05, 4.69) is 20.4 Å². The summed E-state index contributed by atoms with van der Waals surface area (Å²) in [5, 5.41) is 8.04. The van der Waals surface area contributed by atoms with Crippen LogP contribution in [-0.4, -0.2) is 38.0 Å². The normalized spacial score (nSPS) is 13.2. The second kappa shape index (κ2) is 8.12. The predicted molar refractivity (Wildman–Crippen MR) is 116 cm³/mol. The van der Waals surface area contributed by atoms with Gasteiger partial charge in [0.05, 0.1) is 12.8 Å². The van der Waals surface area contributed by atoms with Crippen LogP contribution in [0.25, 0.3) is 5.69 Å². The van der Waals surface area contributed by atoms with Gasteiger partial charge in [0.2, 0.25) is 11.9 Å². The monoisotopic (exact) mass is 457 g/mol. The highest BCUT2D eigenvalue weighted by molar-refractivity contribution is 6.29. The summed E-state index contributed by atoms with van der Waals surface area (Å²) >= 11 is 5.92. The van der Waals surface area contributed by atoms with Crippen LogP contribution in [0.15, 0.2) is 48.9 Å². The Kier molecular flexibility index (Phi) is 5.14. The van der Waals surface area contributed by atoms with Crippen LogP contribution in [0.1, 0.15) is 6.42 Å². The van der Waals surface area contributed by atoms with E-state index in [0.717, 1.165) is 18.2 Å². The van der Waals surface area contributed by atoms with Crippen molar-refractivity contribution in [1.82, 2.24) is 24.3 Å². The molecule has 0 saturated carbocycles. The minimum atomic E-state index is -0.638. The fourth-order valence-electron chi connectivity index (χ4n) is 3.68. The summed E-state index contributed by atoms with van der Waals surface area (Å²) in [5.41, 5.74) is 1.88. The summed E-state index contributed by atoms with van der Waals surface area (Å²) in [7, 11) is 1.57. The van der Waals surface area contributed by atoms with E-state index in [9.17, 15) is 8.78 Å². The van der Waals surface area contributed by atoms with Crippen molar-refractivity contribution in [3.8, 4) is 11.4 Å². The van der Waals surface area contributed by atoms with Crippen LogP contribution in [0.5, 0.6) is 5.75 Å². The lowest BCUT2D eigenvalue weighted by atomic mass is 10.2. The van der Waals surface area contributed by atoms with Crippen LogP contribution < -0.4 is 15.0 Å². The smallest absolute Gasteiger partial charge is 0.248 e. The van der Waals surface area contributed by atoms with Crippen LogP contribution in [0.3, 0.4) is 0 Å². The molecule has 0 aliphatic carbocycles. The summed E-state index contributed by atoms with van der Waals surface area (Å²) in [6.07, 6.45) is 4.05. The topological polar surface area (TPSA) is 73.0 Å². The van der Waals surface area contributed by atoms with Crippen molar-refractivity contribution in [3.63, 3.8) is 0 Å². The van der Waals surface area contributed by atoms with Gasteiger partial charge in [0.25, 0.3) is 0 Å². The fraction of sp³-hybridized carbons (Fsp3) is 0.190. The lowest BCUT2D eigenvalue weighted by Gasteiger charge is -2.27. The summed E-state index contributed by atoms with van der Waals surface area (Å²) < 4.78 is 36.4. The number of methoxy groups -OCH3 is 1. The minimum absolute atomic E-state index is 0.365. The van der Waals surface area contributed by atoms with Gasteiger partial charge in [-0.3, -0.25) is 0 Å². The number of hydrogen-bond acceptors (Lipinski definition) is 6. The van der Waals surface area contributed by atoms with Gasteiger partial charge in [-0.2, -0.15) is 4.98 Å². The molecule has 0 spiro atoms. The van der Waals surface area contributed by atoms with Crippen molar-refractivity contribution in [2.24, 2.45) is 0 Å². The van der Waals surface area contributed by atoms with Crippen molar-refractivity contribution in [2.75, 3.05) is 23.9 Å². The van der Waals surface area contributed by atoms with Gasteiger partial charge in [-0.1, -0.05) is 11.6 Å². The molecular formula is C21H18ClF2N7O. The van der Waals surface area contributed by atoms with E-state index in [1.807, 2.05) is 18.2 Å². The second-order valence-corrected chi connectivity index (χ2v) is 7.59. The fourth-order valence-corrected chi connectivity index (χ4v) is 3.83. The van der Waals surface area contributed by atoms with E-state index in [-0.39, 0.29) is 0 Å². The molecule has 0 amide bonds. The molecule has 0 atom stereocenters. The molecule has 1 aliphatic rings. The zero-order valence-electron chi connectivity index (χ0n) is 17.0. The van der Waals surface area contributed by atoms with E-state index < -0.39 is 11.6 Å². The van der Waals surface area contributed by atoms with Crippen LogP contribution >= 0.6 is 11.6 Å². The summed E-state index contributed by atoms with van der Waals surface area (Å²) in [5.74, 6) is 0.206. The molecule has 0 bridgehead atoms. The molecule has 0 unspecified atom stereocenters. The highest BCUT2D eigenvalue weighted by atomic mass is 35.5. The Balaban J connectivity index is 1.43. The quantitative estimate of drug-likeness (QED) is 0.468. The standard InChI is InChI=1S/C21H18ClF2N7O/c1-32-18-10-15(3-4-17(18)29-11-19(22)25-12-29)26-20-27-21-30(5-2-6-31(21)28-20)16-8-13(23)7-14(24)9-16/h3-4,7-12H,2,5-6H2,1H3,(H,26,28). The van der Waals surface area contributed by atoms with E-state index in [1.165, 1.54) is 12.1 Å². The molecule has 11 heteroatoms. The molecule has 2 aromatic carbocycles. The van der Waals surface area contributed by atoms with Crippen molar-refractivity contribution < 1.29 is 13.5 Å². The van der Waals surface area contributed by atoms with Gasteiger partial charge in [0.1, 0.15) is 28.9 Å². The van der Waals surface area contributed by atoms with Crippen LogP contribution in [0.4, 0.5) is 32.1 Å². The Morgan fingerprint density at radius 3 is 2.62 bits per heavy atom. The van der Waals surface area contributed by atoms with E-state index in [0.29, 0.717) is 47.3 Å². The molecule has 1 N–H and O–H groups in total. The molecule has 0 fully saturated rings. The first-order valence-corrected chi connectivity index (χ1v) is 10.2. The number of nitrogens with zero attached hydrogens (tertiary/aromatic N) is 6. The molecule has 164 valence electrons. The maximum atomic E-state index is 13.7. The molecule has 32 heavy (non-hydrogen) atoms. The number of fused-ring (bicyclic) bond motifs is 1. The average Bonchev–Trinajstić information content (AvgIpc) is 3.38. The first-order chi connectivity index (χ1) is 15.5. The summed E-state index contributed by atoms with van der Waals surface area (Å²) in [6, 6.07) is 8.93. The third kappa shape index (κ3) is 3.84. The maximum absolute atomic E-state index is 13.7. The molecule has 3 heterocycles. The SMILES string of the molecule is COc1cc(Nc2nc3n(n2)CCCN3c2cc(F)cc(F)c2)ccc1-n1cnc(Cl)c1. The van der Waals surface area contributed by atoms with Crippen LogP contribution in [-0.2, 0) is 6.54 Å². The highest BCUT2D eigenvalue weighted by Crippen LogP contribution is 2.32. The van der Waals surface area contributed by atoms with Crippen LogP contribution in [0.2, 0.25) is 5.15 Å². The number of hydrogen-bond donors (Lipinski definition) is 1. The average molecular weight is 458 g/mol. The molecule has 0 saturated heterocycles. The van der Waals surface area contributed by atoms with Crippen molar-refractivity contribution >= 4 is 34.9 Å². The molecule has 4 aromatic rings. The number of anilines is 4.